The minimum absolute atomic E-state index is 0.0594. The van der Waals surface area contributed by atoms with Gasteiger partial charge in [-0.1, -0.05) is 6.42 Å². The second kappa shape index (κ2) is 7.82. The van der Waals surface area contributed by atoms with E-state index in [0.29, 0.717) is 11.1 Å². The van der Waals surface area contributed by atoms with E-state index in [4.69, 9.17) is 9.15 Å². The Balaban J connectivity index is 1.65. The van der Waals surface area contributed by atoms with Crippen LogP contribution in [0.15, 0.2) is 21.3 Å². The number of aryl methyl sites for hydroxylation is 2. The van der Waals surface area contributed by atoms with Gasteiger partial charge in [0, 0.05) is 18.0 Å². The van der Waals surface area contributed by atoms with E-state index < -0.39 is 11.7 Å². The first kappa shape index (κ1) is 20.0. The first-order valence-corrected chi connectivity index (χ1v) is 10.6. The van der Waals surface area contributed by atoms with Crippen molar-refractivity contribution in [3.63, 3.8) is 0 Å². The van der Waals surface area contributed by atoms with E-state index in [1.54, 1.807) is 6.92 Å². The standard InChI is InChI=1S/C23H29NO5/c1-14(25)13-24-21(26)11-18-15(2)17-10-16-6-9-23(7-4-3-5-8-23)29-19(16)12-20(17)28-22(18)27/h10,12,14,25H,3-9,11,13H2,1-2H3,(H,24,26)/t14-/m0/s1. The molecule has 6 nitrogen and oxygen atoms in total. The number of carbonyl (C=O) groups is 1. The molecule has 0 saturated heterocycles. The van der Waals surface area contributed by atoms with Crippen molar-refractivity contribution in [3.8, 4) is 5.75 Å². The monoisotopic (exact) mass is 399 g/mol. The van der Waals surface area contributed by atoms with Crippen LogP contribution in [0.3, 0.4) is 0 Å². The highest BCUT2D eigenvalue weighted by atomic mass is 16.5. The molecule has 2 heterocycles. The number of hydrogen-bond donors (Lipinski definition) is 2. The molecule has 1 fully saturated rings. The van der Waals surface area contributed by atoms with E-state index in [-0.39, 0.29) is 24.5 Å². The third-order valence-electron chi connectivity index (χ3n) is 6.34. The molecule has 1 saturated carbocycles. The van der Waals surface area contributed by atoms with E-state index in [0.717, 1.165) is 47.9 Å². The second-order valence-electron chi connectivity index (χ2n) is 8.62. The van der Waals surface area contributed by atoms with Crippen molar-refractivity contribution >= 4 is 16.9 Å². The van der Waals surface area contributed by atoms with Gasteiger partial charge in [0.1, 0.15) is 16.9 Å². The molecule has 0 unspecified atom stereocenters. The molecule has 156 valence electrons. The van der Waals surface area contributed by atoms with Crippen molar-refractivity contribution < 1.29 is 19.1 Å². The van der Waals surface area contributed by atoms with Gasteiger partial charge in [-0.15, -0.1) is 0 Å². The maximum absolute atomic E-state index is 12.6. The molecule has 29 heavy (non-hydrogen) atoms. The summed E-state index contributed by atoms with van der Waals surface area (Å²) >= 11 is 0. The lowest BCUT2D eigenvalue weighted by atomic mass is 9.79. The predicted octanol–water partition coefficient (Wildman–Crippen LogP) is 3.17. The molecule has 1 aliphatic heterocycles. The quantitative estimate of drug-likeness (QED) is 0.771. The van der Waals surface area contributed by atoms with Gasteiger partial charge < -0.3 is 19.6 Å². The molecular weight excluding hydrogens is 370 g/mol. The van der Waals surface area contributed by atoms with Crippen molar-refractivity contribution in [2.45, 2.75) is 76.9 Å². The van der Waals surface area contributed by atoms with E-state index in [1.165, 1.54) is 19.3 Å². The minimum atomic E-state index is -0.632. The molecule has 6 heteroatoms. The van der Waals surface area contributed by atoms with Gasteiger partial charge in [-0.25, -0.2) is 4.79 Å². The topological polar surface area (TPSA) is 88.8 Å². The fourth-order valence-electron chi connectivity index (χ4n) is 4.64. The Morgan fingerprint density at radius 2 is 2.00 bits per heavy atom. The van der Waals surface area contributed by atoms with E-state index in [1.807, 2.05) is 13.0 Å². The summed E-state index contributed by atoms with van der Waals surface area (Å²) in [7, 11) is 0. The summed E-state index contributed by atoms with van der Waals surface area (Å²) in [6.45, 7) is 3.61. The number of rotatable bonds is 4. The number of ether oxygens (including phenoxy) is 1. The molecule has 1 spiro atoms. The van der Waals surface area contributed by atoms with E-state index >= 15 is 0 Å². The average Bonchev–Trinajstić information content (AvgIpc) is 2.69. The van der Waals surface area contributed by atoms with Crippen LogP contribution in [-0.4, -0.2) is 29.3 Å². The Hall–Kier alpha value is -2.34. The van der Waals surface area contributed by atoms with Crippen LogP contribution < -0.4 is 15.7 Å². The lowest BCUT2D eigenvalue weighted by Gasteiger charge is -2.41. The predicted molar refractivity (Wildman–Crippen MR) is 110 cm³/mol. The van der Waals surface area contributed by atoms with Crippen LogP contribution in [0.25, 0.3) is 11.0 Å². The second-order valence-corrected chi connectivity index (χ2v) is 8.62. The molecule has 1 atom stereocenters. The van der Waals surface area contributed by atoms with Gasteiger partial charge in [0.25, 0.3) is 0 Å². The lowest BCUT2D eigenvalue weighted by molar-refractivity contribution is -0.120. The van der Waals surface area contributed by atoms with Gasteiger partial charge >= 0.3 is 5.63 Å². The molecular formula is C23H29NO5. The van der Waals surface area contributed by atoms with Crippen molar-refractivity contribution in [3.05, 3.63) is 39.2 Å². The van der Waals surface area contributed by atoms with Gasteiger partial charge in [0.15, 0.2) is 0 Å². The zero-order valence-corrected chi connectivity index (χ0v) is 17.2. The normalized spacial score (nSPS) is 18.9. The molecule has 2 aromatic rings. The molecule has 1 amide bonds. The van der Waals surface area contributed by atoms with Crippen LogP contribution in [0.2, 0.25) is 0 Å². The number of carbonyl (C=O) groups excluding carboxylic acids is 1. The Morgan fingerprint density at radius 3 is 2.72 bits per heavy atom. The van der Waals surface area contributed by atoms with Gasteiger partial charge in [0.2, 0.25) is 5.91 Å². The molecule has 0 bridgehead atoms. The van der Waals surface area contributed by atoms with Crippen molar-refractivity contribution in [1.82, 2.24) is 5.32 Å². The third kappa shape index (κ3) is 4.04. The fraction of sp³-hybridized carbons (Fsp3) is 0.565. The SMILES string of the molecule is Cc1c(CC(=O)NC[C@H](C)O)c(=O)oc2cc3c(cc12)CCC1(CCCCC1)O3. The maximum Gasteiger partial charge on any atom is 0.340 e. The number of fused-ring (bicyclic) bond motifs is 2. The third-order valence-corrected chi connectivity index (χ3v) is 6.34. The molecule has 1 aromatic carbocycles. The summed E-state index contributed by atoms with van der Waals surface area (Å²) in [4.78, 5) is 24.7. The fourth-order valence-corrected chi connectivity index (χ4v) is 4.64. The molecule has 4 rings (SSSR count). The van der Waals surface area contributed by atoms with Crippen molar-refractivity contribution in [2.75, 3.05) is 6.54 Å². The van der Waals surface area contributed by atoms with E-state index in [9.17, 15) is 14.7 Å². The molecule has 2 aliphatic rings. The zero-order valence-electron chi connectivity index (χ0n) is 17.2. The summed E-state index contributed by atoms with van der Waals surface area (Å²) in [5.41, 5.74) is 2.22. The van der Waals surface area contributed by atoms with Crippen LogP contribution in [0.5, 0.6) is 5.75 Å². The van der Waals surface area contributed by atoms with Gasteiger partial charge in [0.05, 0.1) is 18.1 Å². The highest BCUT2D eigenvalue weighted by Crippen LogP contribution is 2.43. The Labute approximate surface area is 170 Å². The average molecular weight is 399 g/mol. The van der Waals surface area contributed by atoms with Crippen molar-refractivity contribution in [1.29, 1.82) is 0 Å². The number of aliphatic hydroxyl groups excluding tert-OH is 1. The molecule has 0 radical (unpaired) electrons. The van der Waals surface area contributed by atoms with Crippen molar-refractivity contribution in [2.24, 2.45) is 0 Å². The first-order valence-electron chi connectivity index (χ1n) is 10.6. The maximum atomic E-state index is 12.6. The van der Waals surface area contributed by atoms with E-state index in [2.05, 4.69) is 11.4 Å². The van der Waals surface area contributed by atoms with Crippen LogP contribution in [0.4, 0.5) is 0 Å². The summed E-state index contributed by atoms with van der Waals surface area (Å²) < 4.78 is 12.0. The Morgan fingerprint density at radius 1 is 1.24 bits per heavy atom. The Kier molecular flexibility index (Phi) is 5.38. The number of benzene rings is 1. The van der Waals surface area contributed by atoms with Crippen LogP contribution in [0, 0.1) is 6.92 Å². The van der Waals surface area contributed by atoms with Crippen LogP contribution >= 0.6 is 0 Å². The highest BCUT2D eigenvalue weighted by Gasteiger charge is 2.37. The zero-order chi connectivity index (χ0) is 20.6. The summed E-state index contributed by atoms with van der Waals surface area (Å²) in [6, 6.07) is 3.90. The van der Waals surface area contributed by atoms with Gasteiger partial charge in [-0.2, -0.15) is 0 Å². The summed E-state index contributed by atoms with van der Waals surface area (Å²) in [5.74, 6) is 0.525. The van der Waals surface area contributed by atoms with Gasteiger partial charge in [-0.05, 0) is 69.6 Å². The minimum Gasteiger partial charge on any atom is -0.487 e. The molecule has 2 N–H and O–H groups in total. The molecule has 1 aliphatic carbocycles. The number of aliphatic hydroxyl groups is 1. The smallest absolute Gasteiger partial charge is 0.340 e. The lowest BCUT2D eigenvalue weighted by Crippen LogP contribution is -2.41. The summed E-state index contributed by atoms with van der Waals surface area (Å²) in [6.07, 6.45) is 7.15. The summed E-state index contributed by atoms with van der Waals surface area (Å²) in [5, 5.41) is 12.8. The van der Waals surface area contributed by atoms with Gasteiger partial charge in [-0.3, -0.25) is 4.79 Å². The first-order chi connectivity index (χ1) is 13.9. The number of hydrogen-bond acceptors (Lipinski definition) is 5. The number of nitrogens with one attached hydrogen (secondary N) is 1. The Bertz CT molecular complexity index is 985. The highest BCUT2D eigenvalue weighted by molar-refractivity contribution is 5.86. The van der Waals surface area contributed by atoms with Crippen LogP contribution in [-0.2, 0) is 17.6 Å². The number of amides is 1. The largest absolute Gasteiger partial charge is 0.487 e. The van der Waals surface area contributed by atoms with Crippen LogP contribution in [0.1, 0.15) is 62.1 Å². The molecule has 1 aromatic heterocycles.